The predicted molar refractivity (Wildman–Crippen MR) is 73.7 cm³/mol. The van der Waals surface area contributed by atoms with Crippen LogP contribution in [0.5, 0.6) is 0 Å². The van der Waals surface area contributed by atoms with Gasteiger partial charge >= 0.3 is 12.1 Å². The van der Waals surface area contributed by atoms with E-state index in [1.54, 1.807) is 0 Å². The summed E-state index contributed by atoms with van der Waals surface area (Å²) in [6, 6.07) is 0.608. The maximum atomic E-state index is 11.7. The van der Waals surface area contributed by atoms with Crippen molar-refractivity contribution in [2.75, 3.05) is 32.8 Å². The summed E-state index contributed by atoms with van der Waals surface area (Å²) < 4.78 is 5.11. The summed E-state index contributed by atoms with van der Waals surface area (Å²) in [6.07, 6.45) is 1.46. The average Bonchev–Trinajstić information content (AvgIpc) is 2.82. The Bertz CT molecular complexity index is 468. The first-order chi connectivity index (χ1) is 10.0. The van der Waals surface area contributed by atoms with Crippen molar-refractivity contribution in [3.63, 3.8) is 0 Å². The van der Waals surface area contributed by atoms with E-state index < -0.39 is 6.09 Å². The van der Waals surface area contributed by atoms with Crippen molar-refractivity contribution < 1.29 is 19.4 Å². The molecule has 6 nitrogen and oxygen atoms in total. The second kappa shape index (κ2) is 4.35. The van der Waals surface area contributed by atoms with E-state index in [9.17, 15) is 9.59 Å². The lowest BCUT2D eigenvalue weighted by Gasteiger charge is -2.60. The van der Waals surface area contributed by atoms with Crippen molar-refractivity contribution in [1.82, 2.24) is 9.80 Å². The van der Waals surface area contributed by atoms with Crippen LogP contribution in [0.3, 0.4) is 0 Å². The van der Waals surface area contributed by atoms with Crippen molar-refractivity contribution in [2.45, 2.75) is 25.8 Å². The molecular weight excluding hydrogens is 272 g/mol. The molecule has 0 unspecified atom stereocenters. The quantitative estimate of drug-likeness (QED) is 0.782. The highest BCUT2D eigenvalue weighted by Crippen LogP contribution is 2.57. The van der Waals surface area contributed by atoms with Gasteiger partial charge in [-0.15, -0.1) is 0 Å². The average molecular weight is 294 g/mol. The summed E-state index contributed by atoms with van der Waals surface area (Å²) in [5, 5.41) is 8.90. The fourth-order valence-corrected chi connectivity index (χ4v) is 4.80. The van der Waals surface area contributed by atoms with Crippen LogP contribution < -0.4 is 0 Å². The molecule has 4 rings (SSSR count). The Morgan fingerprint density at radius 1 is 1.24 bits per heavy atom. The Morgan fingerprint density at radius 2 is 1.86 bits per heavy atom. The predicted octanol–water partition coefficient (Wildman–Crippen LogP) is 0.870. The van der Waals surface area contributed by atoms with E-state index in [-0.39, 0.29) is 17.3 Å². The molecule has 2 heterocycles. The van der Waals surface area contributed by atoms with Gasteiger partial charge in [0, 0.05) is 37.6 Å². The van der Waals surface area contributed by atoms with Gasteiger partial charge in [-0.2, -0.15) is 0 Å². The molecule has 1 spiro atoms. The lowest BCUT2D eigenvalue weighted by atomic mass is 9.60. The number of rotatable bonds is 3. The first kappa shape index (κ1) is 13.4. The molecule has 6 heteroatoms. The second-order valence-electron chi connectivity index (χ2n) is 7.26. The Balaban J connectivity index is 1.23. The standard InChI is InChI=1S/C15H22N2O4/c1-2-21-13(18)12-10-5-16(6-11(10)12)9-3-15(4-9)7-17(8-15)14(19)20/h9-12H,2-8H2,1H3,(H,19,20)/t10-,11+,12+. The van der Waals surface area contributed by atoms with Crippen LogP contribution in [0.2, 0.25) is 0 Å². The highest BCUT2D eigenvalue weighted by atomic mass is 16.5. The fourth-order valence-electron chi connectivity index (χ4n) is 4.80. The maximum absolute atomic E-state index is 11.7. The number of esters is 1. The van der Waals surface area contributed by atoms with Crippen LogP contribution >= 0.6 is 0 Å². The summed E-state index contributed by atoms with van der Waals surface area (Å²) >= 11 is 0. The number of hydrogen-bond acceptors (Lipinski definition) is 4. The van der Waals surface area contributed by atoms with E-state index >= 15 is 0 Å². The van der Waals surface area contributed by atoms with Gasteiger partial charge in [0.1, 0.15) is 0 Å². The van der Waals surface area contributed by atoms with Gasteiger partial charge in [0.25, 0.3) is 0 Å². The monoisotopic (exact) mass is 294 g/mol. The molecule has 2 aliphatic heterocycles. The Hall–Kier alpha value is -1.30. The molecule has 1 N–H and O–H groups in total. The first-order valence-electron chi connectivity index (χ1n) is 7.91. The van der Waals surface area contributed by atoms with Gasteiger partial charge in [0.2, 0.25) is 0 Å². The number of carbonyl (C=O) groups excluding carboxylic acids is 1. The Labute approximate surface area is 124 Å². The summed E-state index contributed by atoms with van der Waals surface area (Å²) in [6.45, 7) is 5.81. The lowest BCUT2D eigenvalue weighted by Crippen LogP contribution is -2.67. The molecule has 4 aliphatic rings. The van der Waals surface area contributed by atoms with E-state index in [4.69, 9.17) is 9.84 Å². The second-order valence-corrected chi connectivity index (χ2v) is 7.26. The summed E-state index contributed by atoms with van der Waals surface area (Å²) in [5.41, 5.74) is 0.274. The third-order valence-electron chi connectivity index (χ3n) is 5.96. The van der Waals surface area contributed by atoms with Crippen molar-refractivity contribution >= 4 is 12.1 Å². The number of piperidine rings is 1. The van der Waals surface area contributed by atoms with Crippen LogP contribution in [0, 0.1) is 23.2 Å². The van der Waals surface area contributed by atoms with Gasteiger partial charge in [-0.3, -0.25) is 9.69 Å². The van der Waals surface area contributed by atoms with Crippen molar-refractivity contribution in [3.8, 4) is 0 Å². The van der Waals surface area contributed by atoms with E-state index in [2.05, 4.69) is 4.90 Å². The highest BCUT2D eigenvalue weighted by Gasteiger charge is 2.63. The van der Waals surface area contributed by atoms with Crippen molar-refractivity contribution in [1.29, 1.82) is 0 Å². The maximum Gasteiger partial charge on any atom is 0.407 e. The van der Waals surface area contributed by atoms with E-state index in [0.29, 0.717) is 37.6 Å². The number of carboxylic acid groups (broad SMARTS) is 1. The minimum atomic E-state index is -0.788. The van der Waals surface area contributed by atoms with Crippen LogP contribution in [0.15, 0.2) is 0 Å². The van der Waals surface area contributed by atoms with Gasteiger partial charge in [0.05, 0.1) is 12.5 Å². The normalized spacial score (nSPS) is 36.8. The molecule has 2 aliphatic carbocycles. The first-order valence-corrected chi connectivity index (χ1v) is 7.91. The minimum absolute atomic E-state index is 0.00618. The number of carbonyl (C=O) groups is 2. The van der Waals surface area contributed by atoms with Crippen LogP contribution in [-0.2, 0) is 9.53 Å². The number of fused-ring (bicyclic) bond motifs is 1. The number of ether oxygens (including phenoxy) is 1. The van der Waals surface area contributed by atoms with Crippen molar-refractivity contribution in [2.24, 2.45) is 23.2 Å². The molecule has 3 atom stereocenters. The molecular formula is C15H22N2O4. The smallest absolute Gasteiger partial charge is 0.407 e. The zero-order chi connectivity index (χ0) is 14.8. The lowest BCUT2D eigenvalue weighted by molar-refractivity contribution is -0.146. The SMILES string of the molecule is CCOC(=O)[C@H]1[C@@H]2CN(C3CC4(C3)CN(C(=O)O)C4)C[C@@H]21. The number of amides is 1. The van der Waals surface area contributed by atoms with Gasteiger partial charge in [-0.25, -0.2) is 4.79 Å². The third kappa shape index (κ3) is 1.95. The highest BCUT2D eigenvalue weighted by molar-refractivity contribution is 5.77. The molecule has 116 valence electrons. The largest absolute Gasteiger partial charge is 0.466 e. The van der Waals surface area contributed by atoms with Crippen LogP contribution in [-0.4, -0.2) is 65.8 Å². The van der Waals surface area contributed by atoms with Gasteiger partial charge in [-0.05, 0) is 31.6 Å². The van der Waals surface area contributed by atoms with Crippen LogP contribution in [0.4, 0.5) is 4.79 Å². The molecule has 2 saturated carbocycles. The molecule has 4 fully saturated rings. The molecule has 0 bridgehead atoms. The van der Waals surface area contributed by atoms with E-state index in [0.717, 1.165) is 25.9 Å². The zero-order valence-electron chi connectivity index (χ0n) is 12.3. The topological polar surface area (TPSA) is 70.1 Å². The van der Waals surface area contributed by atoms with Gasteiger partial charge in [-0.1, -0.05) is 0 Å². The molecule has 1 amide bonds. The van der Waals surface area contributed by atoms with Crippen LogP contribution in [0.1, 0.15) is 19.8 Å². The molecule has 0 radical (unpaired) electrons. The molecule has 21 heavy (non-hydrogen) atoms. The minimum Gasteiger partial charge on any atom is -0.466 e. The molecule has 0 aromatic carbocycles. The summed E-state index contributed by atoms with van der Waals surface area (Å²) in [7, 11) is 0. The molecule has 2 saturated heterocycles. The number of hydrogen-bond donors (Lipinski definition) is 1. The van der Waals surface area contributed by atoms with Gasteiger partial charge in [0.15, 0.2) is 0 Å². The fraction of sp³-hybridized carbons (Fsp3) is 0.867. The molecule has 0 aromatic heterocycles. The Morgan fingerprint density at radius 3 is 2.38 bits per heavy atom. The summed E-state index contributed by atoms with van der Waals surface area (Å²) in [5.74, 6) is 1.17. The van der Waals surface area contributed by atoms with Gasteiger partial charge < -0.3 is 14.7 Å². The Kier molecular flexibility index (Phi) is 2.77. The molecule has 0 aromatic rings. The zero-order valence-corrected chi connectivity index (χ0v) is 12.3. The number of nitrogens with zero attached hydrogens (tertiary/aromatic N) is 2. The van der Waals surface area contributed by atoms with E-state index in [1.165, 1.54) is 4.90 Å². The summed E-state index contributed by atoms with van der Waals surface area (Å²) in [4.78, 5) is 26.6. The third-order valence-corrected chi connectivity index (χ3v) is 5.96. The van der Waals surface area contributed by atoms with Crippen molar-refractivity contribution in [3.05, 3.63) is 0 Å². The van der Waals surface area contributed by atoms with Crippen LogP contribution in [0.25, 0.3) is 0 Å². The van der Waals surface area contributed by atoms with E-state index in [1.807, 2.05) is 6.92 Å². The number of likely N-dealkylation sites (tertiary alicyclic amines) is 2.